The van der Waals surface area contributed by atoms with Crippen molar-refractivity contribution in [1.82, 2.24) is 9.96 Å². The van der Waals surface area contributed by atoms with Crippen LogP contribution in [0.3, 0.4) is 0 Å². The molecular weight excluding hydrogens is 248 g/mol. The van der Waals surface area contributed by atoms with Crippen LogP contribution >= 0.6 is 0 Å². The van der Waals surface area contributed by atoms with Crippen LogP contribution in [0.2, 0.25) is 0 Å². The van der Waals surface area contributed by atoms with Crippen molar-refractivity contribution in [2.75, 3.05) is 13.1 Å². The molecule has 2 unspecified atom stereocenters. The van der Waals surface area contributed by atoms with E-state index >= 15 is 0 Å². The molecule has 0 aliphatic carbocycles. The maximum atomic E-state index is 11.7. The fourth-order valence-corrected chi connectivity index (χ4v) is 2.39. The second kappa shape index (κ2) is 6.86. The first-order chi connectivity index (χ1) is 8.81. The van der Waals surface area contributed by atoms with Crippen LogP contribution in [0.1, 0.15) is 40.5 Å². The van der Waals surface area contributed by atoms with Crippen molar-refractivity contribution in [3.05, 3.63) is 0 Å². The minimum absolute atomic E-state index is 0.00505. The van der Waals surface area contributed by atoms with Crippen molar-refractivity contribution in [1.29, 1.82) is 0 Å². The molecule has 1 aliphatic heterocycles. The molecule has 0 bridgehead atoms. The molecule has 110 valence electrons. The van der Waals surface area contributed by atoms with Gasteiger partial charge in [-0.25, -0.2) is 5.06 Å². The molecule has 1 N–H and O–H groups in total. The van der Waals surface area contributed by atoms with E-state index in [0.717, 1.165) is 12.8 Å². The van der Waals surface area contributed by atoms with Gasteiger partial charge in [-0.05, 0) is 33.6 Å². The summed E-state index contributed by atoms with van der Waals surface area (Å²) in [6, 6.07) is 0.149. The summed E-state index contributed by atoms with van der Waals surface area (Å²) in [5.74, 6) is -0.977. The Hall–Kier alpha value is -1.14. The molecule has 19 heavy (non-hydrogen) atoms. The number of hydroxylamine groups is 2. The van der Waals surface area contributed by atoms with Gasteiger partial charge < -0.3 is 5.11 Å². The van der Waals surface area contributed by atoms with E-state index in [0.29, 0.717) is 6.54 Å². The molecule has 2 atom stereocenters. The summed E-state index contributed by atoms with van der Waals surface area (Å²) in [6.45, 7) is 7.78. The Balaban J connectivity index is 2.70. The van der Waals surface area contributed by atoms with Gasteiger partial charge in [-0.15, -0.1) is 0 Å². The summed E-state index contributed by atoms with van der Waals surface area (Å²) >= 11 is 0. The molecule has 0 aromatic carbocycles. The first kappa shape index (κ1) is 15.9. The largest absolute Gasteiger partial charge is 0.480 e. The van der Waals surface area contributed by atoms with Gasteiger partial charge in [0.15, 0.2) is 0 Å². The average Bonchev–Trinajstić information content (AvgIpc) is 2.28. The van der Waals surface area contributed by atoms with Gasteiger partial charge in [0.05, 0.1) is 18.7 Å². The topological polar surface area (TPSA) is 70.1 Å². The third kappa shape index (κ3) is 4.80. The number of amides is 1. The third-order valence-corrected chi connectivity index (χ3v) is 3.29. The first-order valence-electron chi connectivity index (χ1n) is 6.73. The second-order valence-electron chi connectivity index (χ2n) is 5.40. The highest BCUT2D eigenvalue weighted by atomic mass is 16.7. The highest BCUT2D eigenvalue weighted by Gasteiger charge is 2.32. The lowest BCUT2D eigenvalue weighted by Crippen LogP contribution is -2.53. The van der Waals surface area contributed by atoms with Crippen LogP contribution in [0.15, 0.2) is 0 Å². The molecule has 0 aromatic rings. The number of rotatable bonds is 5. The van der Waals surface area contributed by atoms with Crippen LogP contribution in [0.5, 0.6) is 0 Å². The summed E-state index contributed by atoms with van der Waals surface area (Å²) < 4.78 is 0. The van der Waals surface area contributed by atoms with Crippen LogP contribution in [-0.2, 0) is 14.4 Å². The highest BCUT2D eigenvalue weighted by Crippen LogP contribution is 2.22. The van der Waals surface area contributed by atoms with Gasteiger partial charge >= 0.3 is 5.97 Å². The van der Waals surface area contributed by atoms with Crippen molar-refractivity contribution in [3.8, 4) is 0 Å². The van der Waals surface area contributed by atoms with Gasteiger partial charge in [-0.3, -0.25) is 19.3 Å². The summed E-state index contributed by atoms with van der Waals surface area (Å²) in [7, 11) is 0. The second-order valence-corrected chi connectivity index (χ2v) is 5.40. The van der Waals surface area contributed by atoms with E-state index in [2.05, 4.69) is 0 Å². The van der Waals surface area contributed by atoms with E-state index in [1.165, 1.54) is 12.0 Å². The zero-order valence-electron chi connectivity index (χ0n) is 12.1. The van der Waals surface area contributed by atoms with Gasteiger partial charge in [0.1, 0.15) is 0 Å². The van der Waals surface area contributed by atoms with Gasteiger partial charge in [0.2, 0.25) is 5.91 Å². The molecule has 1 aliphatic rings. The summed E-state index contributed by atoms with van der Waals surface area (Å²) in [6.07, 6.45) is 1.63. The average molecular weight is 272 g/mol. The molecule has 0 saturated carbocycles. The number of carboxylic acid groups (broad SMARTS) is 1. The monoisotopic (exact) mass is 272 g/mol. The smallest absolute Gasteiger partial charge is 0.317 e. The maximum Gasteiger partial charge on any atom is 0.317 e. The normalized spacial score (nSPS) is 24.5. The predicted molar refractivity (Wildman–Crippen MR) is 70.4 cm³/mol. The molecule has 1 fully saturated rings. The van der Waals surface area contributed by atoms with Crippen molar-refractivity contribution >= 4 is 11.9 Å². The van der Waals surface area contributed by atoms with Crippen LogP contribution in [0, 0.1) is 0 Å². The Bertz CT molecular complexity index is 333. The van der Waals surface area contributed by atoms with Gasteiger partial charge in [0, 0.05) is 19.5 Å². The lowest BCUT2D eigenvalue weighted by molar-refractivity contribution is -0.220. The third-order valence-electron chi connectivity index (χ3n) is 3.29. The number of likely N-dealkylation sites (tertiary alicyclic amines) is 1. The van der Waals surface area contributed by atoms with E-state index in [1.54, 1.807) is 0 Å². The molecule has 1 heterocycles. The number of carbonyl (C=O) groups is 2. The standard InChI is InChI=1S/C13H24N2O4/c1-9(2)19-15(11(4)16)12-6-5-10(3)14(7-12)8-13(17)18/h9-10,12H,5-8H2,1-4H3,(H,17,18). The van der Waals surface area contributed by atoms with Crippen LogP contribution in [-0.4, -0.2) is 58.2 Å². The zero-order chi connectivity index (χ0) is 14.6. The van der Waals surface area contributed by atoms with Crippen molar-refractivity contribution in [2.45, 2.75) is 58.7 Å². The van der Waals surface area contributed by atoms with Crippen LogP contribution < -0.4 is 0 Å². The minimum Gasteiger partial charge on any atom is -0.480 e. The molecule has 6 nitrogen and oxygen atoms in total. The number of aliphatic carboxylic acids is 1. The van der Waals surface area contributed by atoms with E-state index in [-0.39, 0.29) is 30.6 Å². The Morgan fingerprint density at radius 2 is 2.05 bits per heavy atom. The quantitative estimate of drug-likeness (QED) is 0.759. The van der Waals surface area contributed by atoms with Crippen LogP contribution in [0.25, 0.3) is 0 Å². The highest BCUT2D eigenvalue weighted by molar-refractivity contribution is 5.72. The number of piperidine rings is 1. The van der Waals surface area contributed by atoms with Gasteiger partial charge in [0.25, 0.3) is 0 Å². The number of hydrogen-bond donors (Lipinski definition) is 1. The van der Waals surface area contributed by atoms with E-state index < -0.39 is 5.97 Å². The van der Waals surface area contributed by atoms with E-state index in [1.807, 2.05) is 25.7 Å². The number of carboxylic acids is 1. The Labute approximate surface area is 114 Å². The Kier molecular flexibility index (Phi) is 5.75. The first-order valence-corrected chi connectivity index (χ1v) is 6.73. The summed E-state index contributed by atoms with van der Waals surface area (Å²) in [4.78, 5) is 29.9. The van der Waals surface area contributed by atoms with E-state index in [4.69, 9.17) is 9.94 Å². The maximum absolute atomic E-state index is 11.7. The fourth-order valence-electron chi connectivity index (χ4n) is 2.39. The molecule has 1 rings (SSSR count). The van der Waals surface area contributed by atoms with Gasteiger partial charge in [-0.1, -0.05) is 0 Å². The number of hydrogen-bond acceptors (Lipinski definition) is 4. The fraction of sp³-hybridized carbons (Fsp3) is 0.846. The van der Waals surface area contributed by atoms with Crippen molar-refractivity contribution < 1.29 is 19.5 Å². The SMILES string of the molecule is CC(=O)N(OC(C)C)C1CCC(C)N(CC(=O)O)C1. The molecule has 1 amide bonds. The summed E-state index contributed by atoms with van der Waals surface area (Å²) in [5.41, 5.74) is 0. The lowest BCUT2D eigenvalue weighted by atomic mass is 9.99. The van der Waals surface area contributed by atoms with Crippen LogP contribution in [0.4, 0.5) is 0 Å². The predicted octanol–water partition coefficient (Wildman–Crippen LogP) is 1.11. The lowest BCUT2D eigenvalue weighted by Gasteiger charge is -2.41. The zero-order valence-corrected chi connectivity index (χ0v) is 12.1. The van der Waals surface area contributed by atoms with Crippen molar-refractivity contribution in [3.63, 3.8) is 0 Å². The molecule has 0 radical (unpaired) electrons. The molecule has 0 spiro atoms. The number of nitrogens with zero attached hydrogens (tertiary/aromatic N) is 2. The molecule has 6 heteroatoms. The Morgan fingerprint density at radius 1 is 1.42 bits per heavy atom. The minimum atomic E-state index is -0.841. The number of carbonyl (C=O) groups excluding carboxylic acids is 1. The Morgan fingerprint density at radius 3 is 2.53 bits per heavy atom. The summed E-state index contributed by atoms with van der Waals surface area (Å²) in [5, 5.41) is 10.3. The van der Waals surface area contributed by atoms with E-state index in [9.17, 15) is 9.59 Å². The molecular formula is C13H24N2O4. The molecule has 1 saturated heterocycles. The van der Waals surface area contributed by atoms with Crippen molar-refractivity contribution in [2.24, 2.45) is 0 Å². The van der Waals surface area contributed by atoms with Gasteiger partial charge in [-0.2, -0.15) is 0 Å². The molecule has 0 aromatic heterocycles.